The van der Waals surface area contributed by atoms with Crippen molar-refractivity contribution in [1.29, 1.82) is 0 Å². The van der Waals surface area contributed by atoms with Crippen LogP contribution in [0.5, 0.6) is 0 Å². The van der Waals surface area contributed by atoms with Crippen molar-refractivity contribution in [2.24, 2.45) is 5.92 Å². The van der Waals surface area contributed by atoms with E-state index in [1.807, 2.05) is 38.1 Å². The lowest BCUT2D eigenvalue weighted by atomic mass is 9.98. The number of hydrogen-bond acceptors (Lipinski definition) is 3. The van der Waals surface area contributed by atoms with Gasteiger partial charge in [0.2, 0.25) is 5.91 Å². The van der Waals surface area contributed by atoms with Crippen molar-refractivity contribution in [3.05, 3.63) is 35.4 Å². The second-order valence-corrected chi connectivity index (χ2v) is 5.99. The molecule has 1 aromatic carbocycles. The number of amides is 1. The van der Waals surface area contributed by atoms with Crippen molar-refractivity contribution in [2.45, 2.75) is 45.3 Å². The first-order chi connectivity index (χ1) is 10.5. The third-order valence-electron chi connectivity index (χ3n) is 3.96. The molecule has 0 saturated carbocycles. The fourth-order valence-corrected chi connectivity index (χ4v) is 2.70. The molecule has 0 radical (unpaired) electrons. The van der Waals surface area contributed by atoms with Crippen molar-refractivity contribution in [3.8, 4) is 0 Å². The van der Waals surface area contributed by atoms with E-state index in [0.29, 0.717) is 12.8 Å². The molecular formula is C17H23NO4. The molecule has 1 aliphatic rings. The van der Waals surface area contributed by atoms with E-state index in [4.69, 9.17) is 4.74 Å². The molecule has 2 N–H and O–H groups in total. The summed E-state index contributed by atoms with van der Waals surface area (Å²) >= 11 is 0. The van der Waals surface area contributed by atoms with Crippen LogP contribution in [0.2, 0.25) is 0 Å². The highest BCUT2D eigenvalue weighted by Crippen LogP contribution is 2.19. The lowest BCUT2D eigenvalue weighted by Crippen LogP contribution is -2.39. The second kappa shape index (κ2) is 7.40. The molecule has 1 fully saturated rings. The number of carbonyl (C=O) groups is 2. The maximum Gasteiger partial charge on any atom is 0.308 e. The Balaban J connectivity index is 1.89. The molecular weight excluding hydrogens is 282 g/mol. The van der Waals surface area contributed by atoms with Gasteiger partial charge in [-0.1, -0.05) is 29.8 Å². The lowest BCUT2D eigenvalue weighted by Gasteiger charge is -2.16. The zero-order chi connectivity index (χ0) is 16.1. The van der Waals surface area contributed by atoms with E-state index in [1.54, 1.807) is 0 Å². The average molecular weight is 305 g/mol. The van der Waals surface area contributed by atoms with Gasteiger partial charge < -0.3 is 15.2 Å². The number of aryl methyl sites for hydroxylation is 1. The zero-order valence-corrected chi connectivity index (χ0v) is 13.0. The van der Waals surface area contributed by atoms with Gasteiger partial charge >= 0.3 is 5.97 Å². The molecule has 0 aliphatic carbocycles. The summed E-state index contributed by atoms with van der Waals surface area (Å²) in [6.45, 7) is 4.03. The van der Waals surface area contributed by atoms with Crippen molar-refractivity contribution >= 4 is 11.9 Å². The van der Waals surface area contributed by atoms with E-state index in [9.17, 15) is 14.7 Å². The van der Waals surface area contributed by atoms with Gasteiger partial charge in [-0.2, -0.15) is 0 Å². The third-order valence-corrected chi connectivity index (χ3v) is 3.96. The van der Waals surface area contributed by atoms with Crippen LogP contribution in [0.25, 0.3) is 0 Å². The Labute approximate surface area is 130 Å². The van der Waals surface area contributed by atoms with E-state index >= 15 is 0 Å². The van der Waals surface area contributed by atoms with Crippen LogP contribution in [0.15, 0.2) is 24.3 Å². The summed E-state index contributed by atoms with van der Waals surface area (Å²) in [4.78, 5) is 23.4. The van der Waals surface area contributed by atoms with Crippen molar-refractivity contribution in [1.82, 2.24) is 5.32 Å². The van der Waals surface area contributed by atoms with Gasteiger partial charge in [-0.25, -0.2) is 0 Å². The summed E-state index contributed by atoms with van der Waals surface area (Å²) in [5.74, 6) is -1.74. The monoisotopic (exact) mass is 305 g/mol. The molecule has 1 aromatic rings. The SMILES string of the molecule is Cc1cccc(CC(CNC(=O)C2CCC(C)O2)C(=O)O)c1. The average Bonchev–Trinajstić information content (AvgIpc) is 2.89. The standard InChI is InChI=1S/C17H23NO4/c1-11-4-3-5-13(8-11)9-14(17(20)21)10-18-16(19)15-7-6-12(2)22-15/h3-5,8,12,14-15H,6-7,9-10H2,1-2H3,(H,18,19)(H,20,21). The first kappa shape index (κ1) is 16.5. The van der Waals surface area contributed by atoms with Crippen LogP contribution in [-0.4, -0.2) is 35.7 Å². The van der Waals surface area contributed by atoms with Crippen molar-refractivity contribution < 1.29 is 19.4 Å². The largest absolute Gasteiger partial charge is 0.481 e. The molecule has 2 rings (SSSR count). The molecule has 1 heterocycles. The molecule has 0 spiro atoms. The molecule has 22 heavy (non-hydrogen) atoms. The number of ether oxygens (including phenoxy) is 1. The van der Waals surface area contributed by atoms with Crippen LogP contribution in [0.3, 0.4) is 0 Å². The van der Waals surface area contributed by atoms with Crippen LogP contribution < -0.4 is 5.32 Å². The lowest BCUT2D eigenvalue weighted by molar-refractivity contribution is -0.142. The molecule has 1 saturated heterocycles. The van der Waals surface area contributed by atoms with Gasteiger partial charge in [0.1, 0.15) is 6.10 Å². The number of benzene rings is 1. The Bertz CT molecular complexity index is 543. The van der Waals surface area contributed by atoms with Crippen LogP contribution in [0.1, 0.15) is 30.9 Å². The number of hydrogen-bond donors (Lipinski definition) is 2. The van der Waals surface area contributed by atoms with Gasteiger partial charge in [0.25, 0.3) is 0 Å². The number of carboxylic acids is 1. The topological polar surface area (TPSA) is 75.6 Å². The Hall–Kier alpha value is -1.88. The van der Waals surface area contributed by atoms with Crippen molar-refractivity contribution in [3.63, 3.8) is 0 Å². The van der Waals surface area contributed by atoms with Gasteiger partial charge in [-0.15, -0.1) is 0 Å². The number of carbonyl (C=O) groups excluding carboxylic acids is 1. The Morgan fingerprint density at radius 1 is 1.41 bits per heavy atom. The highest BCUT2D eigenvalue weighted by atomic mass is 16.5. The van der Waals surface area contributed by atoms with E-state index in [2.05, 4.69) is 5.32 Å². The molecule has 3 unspecified atom stereocenters. The minimum absolute atomic E-state index is 0.0957. The molecule has 1 aliphatic heterocycles. The van der Waals surface area contributed by atoms with Crippen molar-refractivity contribution in [2.75, 3.05) is 6.54 Å². The van der Waals surface area contributed by atoms with Gasteiger partial charge in [0, 0.05) is 6.54 Å². The van der Waals surface area contributed by atoms with Crippen LogP contribution in [0, 0.1) is 12.8 Å². The number of rotatable bonds is 6. The fraction of sp³-hybridized carbons (Fsp3) is 0.529. The molecule has 3 atom stereocenters. The summed E-state index contributed by atoms with van der Waals surface area (Å²) in [6.07, 6.45) is 1.62. The van der Waals surface area contributed by atoms with E-state index in [0.717, 1.165) is 17.5 Å². The predicted octanol–water partition coefficient (Wildman–Crippen LogP) is 1.92. The smallest absolute Gasteiger partial charge is 0.308 e. The molecule has 0 aromatic heterocycles. The molecule has 5 nitrogen and oxygen atoms in total. The Morgan fingerprint density at radius 3 is 2.77 bits per heavy atom. The first-order valence-corrected chi connectivity index (χ1v) is 7.67. The van der Waals surface area contributed by atoms with Gasteiger partial charge in [0.15, 0.2) is 0 Å². The van der Waals surface area contributed by atoms with E-state index in [-0.39, 0.29) is 18.6 Å². The maximum absolute atomic E-state index is 12.0. The summed E-state index contributed by atoms with van der Waals surface area (Å²) in [7, 11) is 0. The van der Waals surface area contributed by atoms with Crippen LogP contribution in [0.4, 0.5) is 0 Å². The fourth-order valence-electron chi connectivity index (χ4n) is 2.70. The third kappa shape index (κ3) is 4.56. The molecule has 120 valence electrons. The Kier molecular flexibility index (Phi) is 5.55. The number of aliphatic carboxylic acids is 1. The summed E-state index contributed by atoms with van der Waals surface area (Å²) in [5, 5.41) is 12.1. The zero-order valence-electron chi connectivity index (χ0n) is 13.0. The minimum atomic E-state index is -0.900. The van der Waals surface area contributed by atoms with Gasteiger partial charge in [-0.3, -0.25) is 9.59 Å². The van der Waals surface area contributed by atoms with E-state index < -0.39 is 18.0 Å². The summed E-state index contributed by atoms with van der Waals surface area (Å²) in [5.41, 5.74) is 2.06. The normalized spacial score (nSPS) is 22.3. The van der Waals surface area contributed by atoms with Gasteiger partial charge in [0.05, 0.1) is 12.0 Å². The first-order valence-electron chi connectivity index (χ1n) is 7.67. The molecule has 1 amide bonds. The highest BCUT2D eigenvalue weighted by Gasteiger charge is 2.29. The molecule has 0 bridgehead atoms. The Morgan fingerprint density at radius 2 is 2.18 bits per heavy atom. The van der Waals surface area contributed by atoms with Gasteiger partial charge in [-0.05, 0) is 38.7 Å². The quantitative estimate of drug-likeness (QED) is 0.842. The molecule has 5 heteroatoms. The second-order valence-electron chi connectivity index (χ2n) is 5.99. The van der Waals surface area contributed by atoms with Crippen LogP contribution in [-0.2, 0) is 20.7 Å². The minimum Gasteiger partial charge on any atom is -0.481 e. The number of carboxylic acid groups (broad SMARTS) is 1. The maximum atomic E-state index is 12.0. The van der Waals surface area contributed by atoms with Crippen LogP contribution >= 0.6 is 0 Å². The summed E-state index contributed by atoms with van der Waals surface area (Å²) < 4.78 is 5.49. The predicted molar refractivity (Wildman–Crippen MR) is 82.6 cm³/mol. The van der Waals surface area contributed by atoms with E-state index in [1.165, 1.54) is 0 Å². The number of nitrogens with one attached hydrogen (secondary N) is 1. The summed E-state index contributed by atoms with van der Waals surface area (Å²) in [6, 6.07) is 7.77. The highest BCUT2D eigenvalue weighted by molar-refractivity contribution is 5.81.